The standard InChI is InChI=1S/C50H41N5O.Pt/c1-49(2,3)33-26-27-51-48(28-33)55-42-19-10-7-16-38(42)39-24-23-37(31-46(39)55)56-36-15-13-14-34(29-36)53-32-52(6)47-30-35(22-25-45(47)53)54-43-20-11-8-17-40(43)50(4,5)41-18-9-12-21-44(41)54;/h7-28,30H,1-6H3;/q-2;/i6D3;. The number of aryl methyl sites for hydroxylation is 1. The fourth-order valence-electron chi connectivity index (χ4n) is 8.28. The van der Waals surface area contributed by atoms with Gasteiger partial charge in [-0.2, -0.15) is 18.2 Å². The fraction of sp³-hybridized carbons (Fsp3) is 0.160. The number of fused-ring (bicyclic) bond motifs is 6. The van der Waals surface area contributed by atoms with Crippen LogP contribution in [0.25, 0.3) is 44.3 Å². The Morgan fingerprint density at radius 1 is 0.719 bits per heavy atom. The average Bonchev–Trinajstić information content (AvgIpc) is 3.77. The molecule has 0 saturated heterocycles. The van der Waals surface area contributed by atoms with Crippen molar-refractivity contribution in [1.82, 2.24) is 14.1 Å². The average molecular weight is 926 g/mol. The van der Waals surface area contributed by atoms with E-state index in [1.807, 2.05) is 72.9 Å². The van der Waals surface area contributed by atoms with Crippen LogP contribution in [-0.2, 0) is 38.9 Å². The van der Waals surface area contributed by atoms with E-state index in [4.69, 9.17) is 13.8 Å². The Morgan fingerprint density at radius 3 is 2.19 bits per heavy atom. The molecule has 1 aliphatic heterocycles. The number of benzene rings is 6. The van der Waals surface area contributed by atoms with Crippen LogP contribution in [-0.4, -0.2) is 14.1 Å². The van der Waals surface area contributed by atoms with E-state index in [-0.39, 0.29) is 31.9 Å². The summed E-state index contributed by atoms with van der Waals surface area (Å²) in [5, 5.41) is 2.14. The Labute approximate surface area is 352 Å². The molecule has 0 atom stereocenters. The first kappa shape index (κ1) is 33.2. The molecule has 9 aromatic rings. The van der Waals surface area contributed by atoms with Crippen LogP contribution in [0.4, 0.5) is 17.1 Å². The molecule has 1 aliphatic rings. The third-order valence-corrected chi connectivity index (χ3v) is 11.1. The summed E-state index contributed by atoms with van der Waals surface area (Å²) in [6.07, 6.45) is 5.01. The van der Waals surface area contributed by atoms with Crippen LogP contribution in [0, 0.1) is 18.5 Å². The number of para-hydroxylation sites is 3. The van der Waals surface area contributed by atoms with Gasteiger partial charge < -0.3 is 23.3 Å². The number of pyridine rings is 1. The van der Waals surface area contributed by atoms with Crippen molar-refractivity contribution in [2.24, 2.45) is 6.98 Å². The Morgan fingerprint density at radius 2 is 1.44 bits per heavy atom. The number of nitrogens with zero attached hydrogens (tertiary/aromatic N) is 5. The number of ether oxygens (including phenoxy) is 1. The molecule has 6 aromatic carbocycles. The van der Waals surface area contributed by atoms with E-state index in [9.17, 15) is 0 Å². The molecule has 6 nitrogen and oxygen atoms in total. The summed E-state index contributed by atoms with van der Waals surface area (Å²) in [5.74, 6) is 1.77. The molecule has 0 spiro atoms. The van der Waals surface area contributed by atoms with Crippen LogP contribution >= 0.6 is 0 Å². The molecule has 284 valence electrons. The van der Waals surface area contributed by atoms with Crippen molar-refractivity contribution >= 4 is 49.9 Å². The third-order valence-electron chi connectivity index (χ3n) is 11.1. The van der Waals surface area contributed by atoms with Crippen LogP contribution in [0.2, 0.25) is 0 Å². The van der Waals surface area contributed by atoms with Crippen LogP contribution < -0.4 is 14.2 Å². The van der Waals surface area contributed by atoms with Gasteiger partial charge in [-0.25, -0.2) is 4.98 Å². The summed E-state index contributed by atoms with van der Waals surface area (Å²) in [5.41, 5.74) is 9.91. The van der Waals surface area contributed by atoms with Gasteiger partial charge in [0.15, 0.2) is 0 Å². The van der Waals surface area contributed by atoms with Gasteiger partial charge in [-0.15, -0.1) is 29.7 Å². The summed E-state index contributed by atoms with van der Waals surface area (Å²) < 4.78 is 37.2. The summed E-state index contributed by atoms with van der Waals surface area (Å²) in [7, 11) is 0. The van der Waals surface area contributed by atoms with Crippen LogP contribution in [0.1, 0.15) is 55.4 Å². The number of rotatable bonds is 5. The Hall–Kier alpha value is -5.97. The van der Waals surface area contributed by atoms with Gasteiger partial charge in [-0.1, -0.05) is 106 Å². The summed E-state index contributed by atoms with van der Waals surface area (Å²) in [6, 6.07) is 51.8. The van der Waals surface area contributed by atoms with E-state index in [0.717, 1.165) is 44.7 Å². The molecule has 57 heavy (non-hydrogen) atoms. The third kappa shape index (κ3) is 5.97. The van der Waals surface area contributed by atoms with Crippen molar-refractivity contribution in [3.63, 3.8) is 0 Å². The molecule has 0 bridgehead atoms. The largest absolute Gasteiger partial charge is 0.510 e. The van der Waals surface area contributed by atoms with Crippen LogP contribution in [0.15, 0.2) is 140 Å². The Balaban J connectivity index is 0.00000462. The minimum absolute atomic E-state index is 0. The maximum atomic E-state index is 8.54. The quantitative estimate of drug-likeness (QED) is 0.128. The molecule has 0 radical (unpaired) electrons. The van der Waals surface area contributed by atoms with Crippen molar-refractivity contribution < 1.29 is 34.5 Å². The van der Waals surface area contributed by atoms with Crippen molar-refractivity contribution in [2.45, 2.75) is 45.4 Å². The molecule has 7 heteroatoms. The first-order chi connectivity index (χ1) is 28.3. The SMILES string of the molecule is [2H]C([2H])([2H])[n+]1[c-]n(-c2[c-]c(Oc3[c-]c4c(cc3)c3ccccc3n4-c3cc(C(C)(C)C)ccn3)ccc2)c2ccc(N3c4ccccc4C(C)(C)c4ccccc43)cc21.[Pt]. The molecule has 0 amide bonds. The van der Waals surface area contributed by atoms with Crippen molar-refractivity contribution in [1.29, 1.82) is 0 Å². The number of imidazole rings is 1. The van der Waals surface area contributed by atoms with Crippen molar-refractivity contribution in [3.8, 4) is 23.0 Å². The monoisotopic (exact) mass is 925 g/mol. The zero-order valence-corrected chi connectivity index (χ0v) is 34.5. The zero-order chi connectivity index (χ0) is 40.8. The number of hydrogen-bond donors (Lipinski definition) is 0. The molecule has 10 rings (SSSR count). The smallest absolute Gasteiger partial charge is 0.242 e. The minimum Gasteiger partial charge on any atom is -0.510 e. The van der Waals surface area contributed by atoms with E-state index in [1.54, 1.807) is 4.57 Å². The first-order valence-corrected chi connectivity index (χ1v) is 18.9. The summed E-state index contributed by atoms with van der Waals surface area (Å²) >= 11 is 0. The van der Waals surface area contributed by atoms with Crippen molar-refractivity contribution in [3.05, 3.63) is 175 Å². The topological polar surface area (TPSA) is 39.1 Å². The van der Waals surface area contributed by atoms with E-state index >= 15 is 0 Å². The molecule has 3 aromatic heterocycles. The fourth-order valence-corrected chi connectivity index (χ4v) is 8.28. The first-order valence-electron chi connectivity index (χ1n) is 20.4. The maximum absolute atomic E-state index is 8.54. The van der Waals surface area contributed by atoms with Crippen LogP contribution in [0.3, 0.4) is 0 Å². The minimum atomic E-state index is -2.50. The number of aromatic nitrogens is 4. The summed E-state index contributed by atoms with van der Waals surface area (Å²) in [4.78, 5) is 7.02. The van der Waals surface area contributed by atoms with Gasteiger partial charge in [-0.3, -0.25) is 0 Å². The molecular weight excluding hydrogens is 882 g/mol. The predicted octanol–water partition coefficient (Wildman–Crippen LogP) is 11.5. The van der Waals surface area contributed by atoms with Gasteiger partial charge in [0, 0.05) is 55.4 Å². The molecule has 0 fully saturated rings. The predicted molar refractivity (Wildman–Crippen MR) is 225 cm³/mol. The van der Waals surface area contributed by atoms with E-state index < -0.39 is 6.98 Å². The van der Waals surface area contributed by atoms with Crippen molar-refractivity contribution in [2.75, 3.05) is 4.90 Å². The van der Waals surface area contributed by atoms with E-state index in [0.29, 0.717) is 28.2 Å². The van der Waals surface area contributed by atoms with Gasteiger partial charge in [0.05, 0.1) is 33.5 Å². The Kier molecular flexibility index (Phi) is 7.92. The van der Waals surface area contributed by atoms with Gasteiger partial charge in [-0.05, 0) is 70.0 Å². The second-order valence-corrected chi connectivity index (χ2v) is 16.0. The summed E-state index contributed by atoms with van der Waals surface area (Å²) in [6.45, 7) is 8.59. The molecule has 0 N–H and O–H groups in total. The molecule has 0 aliphatic carbocycles. The second kappa shape index (κ2) is 13.6. The number of hydrogen-bond acceptors (Lipinski definition) is 3. The van der Waals surface area contributed by atoms with Gasteiger partial charge >= 0.3 is 0 Å². The number of anilines is 3. The Bertz CT molecular complexity index is 3070. The second-order valence-electron chi connectivity index (χ2n) is 16.0. The zero-order valence-electron chi connectivity index (χ0n) is 35.2. The molecular formula is C50H41N5OPt-2. The molecule has 0 unspecified atom stereocenters. The maximum Gasteiger partial charge on any atom is 0.242 e. The molecule has 4 heterocycles. The van der Waals surface area contributed by atoms with E-state index in [2.05, 4.69) is 129 Å². The van der Waals surface area contributed by atoms with Gasteiger partial charge in [0.1, 0.15) is 5.82 Å². The normalized spacial score (nSPS) is 14.4. The van der Waals surface area contributed by atoms with Gasteiger partial charge in [0.25, 0.3) is 0 Å². The van der Waals surface area contributed by atoms with E-state index in [1.165, 1.54) is 21.3 Å². The van der Waals surface area contributed by atoms with Crippen LogP contribution in [0.5, 0.6) is 11.5 Å². The molecule has 0 saturated carbocycles. The van der Waals surface area contributed by atoms with Gasteiger partial charge in [0.2, 0.25) is 6.33 Å².